The van der Waals surface area contributed by atoms with Crippen molar-refractivity contribution in [3.63, 3.8) is 0 Å². The average molecular weight is 173 g/mol. The highest BCUT2D eigenvalue weighted by molar-refractivity contribution is 5.81. The largest absolute Gasteiger partial charge is 0.472 e. The molecule has 3 rings (SSSR count). The van der Waals surface area contributed by atoms with Crippen LogP contribution >= 0.6 is 0 Å². The molecular weight excluding hydrogens is 162 g/mol. The van der Waals surface area contributed by atoms with Crippen molar-refractivity contribution in [1.82, 2.24) is 0 Å². The third kappa shape index (κ3) is 1.18. The molecule has 66 valence electrons. The second-order valence-corrected chi connectivity index (χ2v) is 3.59. The van der Waals surface area contributed by atoms with Crippen LogP contribution in [0.2, 0.25) is 0 Å². The molecule has 0 saturated heterocycles. The van der Waals surface area contributed by atoms with E-state index in [0.29, 0.717) is 6.04 Å². The lowest BCUT2D eigenvalue weighted by Gasteiger charge is -2.04. The van der Waals surface area contributed by atoms with Gasteiger partial charge in [0, 0.05) is 22.9 Å². The second kappa shape index (κ2) is 2.52. The quantitative estimate of drug-likeness (QED) is 0.755. The monoisotopic (exact) mass is 173 g/mol. The first kappa shape index (κ1) is 7.01. The van der Waals surface area contributed by atoms with E-state index in [1.165, 1.54) is 29.7 Å². The fourth-order valence-corrected chi connectivity index (χ4v) is 1.59. The summed E-state index contributed by atoms with van der Waals surface area (Å²) in [5, 5.41) is 3.50. The van der Waals surface area contributed by atoms with Crippen LogP contribution in [0.4, 0.5) is 5.69 Å². The lowest BCUT2D eigenvalue weighted by Crippen LogP contribution is -1.99. The van der Waals surface area contributed by atoms with Gasteiger partial charge in [-0.2, -0.15) is 0 Å². The Balaban J connectivity index is 2.00. The van der Waals surface area contributed by atoms with Gasteiger partial charge in [0.2, 0.25) is 0 Å². The van der Waals surface area contributed by atoms with E-state index < -0.39 is 0 Å². The molecule has 1 fully saturated rings. The Morgan fingerprint density at radius 3 is 3.00 bits per heavy atom. The predicted octanol–water partition coefficient (Wildman–Crippen LogP) is 2.96. The first-order chi connectivity index (χ1) is 6.43. The maximum absolute atomic E-state index is 5.10. The molecule has 1 N–H and O–H groups in total. The van der Waals surface area contributed by atoms with E-state index in [1.807, 2.05) is 6.07 Å². The molecule has 0 radical (unpaired) electrons. The van der Waals surface area contributed by atoms with Gasteiger partial charge in [-0.1, -0.05) is 0 Å². The molecule has 2 nitrogen and oxygen atoms in total. The van der Waals surface area contributed by atoms with Crippen molar-refractivity contribution in [1.29, 1.82) is 0 Å². The Kier molecular flexibility index (Phi) is 1.36. The fourth-order valence-electron chi connectivity index (χ4n) is 1.59. The smallest absolute Gasteiger partial charge is 0.0980 e. The summed E-state index contributed by atoms with van der Waals surface area (Å²) >= 11 is 0. The van der Waals surface area contributed by atoms with E-state index >= 15 is 0 Å². The van der Waals surface area contributed by atoms with Gasteiger partial charge in [-0.05, 0) is 31.0 Å². The molecule has 1 saturated carbocycles. The summed E-state index contributed by atoms with van der Waals surface area (Å²) in [6, 6.07) is 6.94. The SMILES string of the molecule is c1cc2c(NC3CC3)ccc-2co1. The van der Waals surface area contributed by atoms with Crippen molar-refractivity contribution in [3.05, 3.63) is 30.7 Å². The van der Waals surface area contributed by atoms with Gasteiger partial charge in [-0.3, -0.25) is 0 Å². The average Bonchev–Trinajstić information content (AvgIpc) is 2.88. The van der Waals surface area contributed by atoms with Gasteiger partial charge in [0.1, 0.15) is 0 Å². The van der Waals surface area contributed by atoms with E-state index in [4.69, 9.17) is 4.42 Å². The Morgan fingerprint density at radius 2 is 2.15 bits per heavy atom. The summed E-state index contributed by atoms with van der Waals surface area (Å²) in [5.41, 5.74) is 3.68. The van der Waals surface area contributed by atoms with Crippen LogP contribution < -0.4 is 5.32 Å². The highest BCUT2D eigenvalue weighted by Crippen LogP contribution is 2.35. The standard InChI is InChI=1S/C11H11NO/c1-4-11(12-9-2-3-9)10-5-6-13-7-8(1)10/h1,4-7,9,12H,2-3H2. The first-order valence-corrected chi connectivity index (χ1v) is 4.65. The summed E-state index contributed by atoms with van der Waals surface area (Å²) in [5.74, 6) is 0. The van der Waals surface area contributed by atoms with Gasteiger partial charge < -0.3 is 9.73 Å². The van der Waals surface area contributed by atoms with Crippen molar-refractivity contribution >= 4 is 5.69 Å². The maximum atomic E-state index is 5.10. The van der Waals surface area contributed by atoms with Crippen LogP contribution in [0.1, 0.15) is 12.8 Å². The first-order valence-electron chi connectivity index (χ1n) is 4.65. The van der Waals surface area contributed by atoms with E-state index in [2.05, 4.69) is 17.4 Å². The molecule has 0 aromatic carbocycles. The van der Waals surface area contributed by atoms with Gasteiger partial charge in [0.25, 0.3) is 0 Å². The third-order valence-electron chi connectivity index (χ3n) is 2.48. The van der Waals surface area contributed by atoms with Crippen molar-refractivity contribution < 1.29 is 4.42 Å². The highest BCUT2D eigenvalue weighted by atomic mass is 16.3. The fraction of sp³-hybridized carbons (Fsp3) is 0.273. The zero-order valence-electron chi connectivity index (χ0n) is 7.29. The van der Waals surface area contributed by atoms with Crippen molar-refractivity contribution in [3.8, 4) is 11.1 Å². The molecule has 3 aliphatic rings. The molecule has 0 aromatic heterocycles. The summed E-state index contributed by atoms with van der Waals surface area (Å²) in [7, 11) is 0. The van der Waals surface area contributed by atoms with Crippen LogP contribution in [0.25, 0.3) is 11.1 Å². The van der Waals surface area contributed by atoms with E-state index in [0.717, 1.165) is 0 Å². The van der Waals surface area contributed by atoms with Crippen LogP contribution in [0, 0.1) is 0 Å². The van der Waals surface area contributed by atoms with Gasteiger partial charge in [0.15, 0.2) is 0 Å². The van der Waals surface area contributed by atoms with Gasteiger partial charge in [-0.15, -0.1) is 0 Å². The van der Waals surface area contributed by atoms with Crippen LogP contribution in [0.3, 0.4) is 0 Å². The number of hydrogen-bond donors (Lipinski definition) is 1. The molecule has 0 bridgehead atoms. The van der Waals surface area contributed by atoms with Crippen molar-refractivity contribution in [2.75, 3.05) is 5.32 Å². The summed E-state index contributed by atoms with van der Waals surface area (Å²) in [6.45, 7) is 0. The topological polar surface area (TPSA) is 25.2 Å². The lowest BCUT2D eigenvalue weighted by atomic mass is 10.2. The van der Waals surface area contributed by atoms with Crippen LogP contribution in [-0.2, 0) is 0 Å². The van der Waals surface area contributed by atoms with Crippen LogP contribution in [0.5, 0.6) is 0 Å². The molecule has 0 amide bonds. The number of nitrogens with one attached hydrogen (secondary N) is 1. The van der Waals surface area contributed by atoms with Crippen molar-refractivity contribution in [2.45, 2.75) is 18.9 Å². The zero-order valence-corrected chi connectivity index (χ0v) is 7.29. The van der Waals surface area contributed by atoms with Gasteiger partial charge >= 0.3 is 0 Å². The number of fused-ring (bicyclic) bond motifs is 1. The second-order valence-electron chi connectivity index (χ2n) is 3.59. The van der Waals surface area contributed by atoms with E-state index in [1.54, 1.807) is 12.5 Å². The number of anilines is 1. The Hall–Kier alpha value is -1.44. The third-order valence-corrected chi connectivity index (χ3v) is 2.48. The minimum Gasteiger partial charge on any atom is -0.472 e. The molecular formula is C11H11NO. The molecule has 0 spiro atoms. The molecule has 0 aromatic rings. The van der Waals surface area contributed by atoms with Crippen LogP contribution in [0.15, 0.2) is 35.1 Å². The van der Waals surface area contributed by atoms with E-state index in [9.17, 15) is 0 Å². The predicted molar refractivity (Wildman–Crippen MR) is 52.0 cm³/mol. The highest BCUT2D eigenvalue weighted by Gasteiger charge is 2.22. The Bertz CT molecular complexity index is 389. The Labute approximate surface area is 76.9 Å². The molecule has 1 heterocycles. The van der Waals surface area contributed by atoms with E-state index in [-0.39, 0.29) is 0 Å². The molecule has 0 atom stereocenters. The molecule has 1 aliphatic heterocycles. The maximum Gasteiger partial charge on any atom is 0.0980 e. The number of hydrogen-bond acceptors (Lipinski definition) is 2. The summed E-state index contributed by atoms with van der Waals surface area (Å²) in [4.78, 5) is 0. The molecule has 0 unspecified atom stereocenters. The number of rotatable bonds is 2. The summed E-state index contributed by atoms with van der Waals surface area (Å²) < 4.78 is 5.10. The van der Waals surface area contributed by atoms with Crippen molar-refractivity contribution in [2.24, 2.45) is 0 Å². The van der Waals surface area contributed by atoms with Gasteiger partial charge in [0.05, 0.1) is 12.5 Å². The minimum atomic E-state index is 0.711. The molecule has 13 heavy (non-hydrogen) atoms. The summed E-state index contributed by atoms with van der Waals surface area (Å²) in [6.07, 6.45) is 6.13. The zero-order chi connectivity index (χ0) is 8.67. The lowest BCUT2D eigenvalue weighted by molar-refractivity contribution is 0.552. The van der Waals surface area contributed by atoms with Crippen LogP contribution in [-0.4, -0.2) is 6.04 Å². The normalized spacial score (nSPS) is 16.3. The Morgan fingerprint density at radius 1 is 1.23 bits per heavy atom. The van der Waals surface area contributed by atoms with Gasteiger partial charge in [-0.25, -0.2) is 0 Å². The molecule has 2 heteroatoms. The minimum absolute atomic E-state index is 0.711. The molecule has 2 aliphatic carbocycles.